The molecule has 0 aromatic heterocycles. The number of anilines is 2. The van der Waals surface area contributed by atoms with Gasteiger partial charge in [0.25, 0.3) is 0 Å². The summed E-state index contributed by atoms with van der Waals surface area (Å²) in [5.74, 6) is 0.411. The number of methoxy groups -OCH3 is 1. The number of nitriles is 1. The minimum absolute atomic E-state index is 0.235. The standard InChI is InChI=1S/C25H31FN4O4S/c1-4-14-35(32)30(18-19-6-7-21(26)16-24(19)33-3)22-8-9-23(20(15-22)17-27)28-10-12-29(13-11-28)25(31)34-5-2/h6-9,15-16H,4-5,10-14,18H2,1-3H3. The second-order valence-corrected chi connectivity index (χ2v) is 9.50. The Hall–Kier alpha value is -3.32. The van der Waals surface area contributed by atoms with E-state index in [1.54, 1.807) is 28.3 Å². The van der Waals surface area contributed by atoms with Gasteiger partial charge in [-0.3, -0.25) is 4.31 Å². The molecule has 0 N–H and O–H groups in total. The fraction of sp³-hybridized carbons (Fsp3) is 0.440. The number of hydrogen-bond acceptors (Lipinski definition) is 6. The molecule has 1 unspecified atom stereocenters. The van der Waals surface area contributed by atoms with Crippen LogP contribution in [0.4, 0.5) is 20.6 Å². The molecule has 0 bridgehead atoms. The molecular formula is C25H31FN4O4S. The SMILES string of the molecule is CCCS(=O)N(Cc1ccc(F)cc1OC)c1ccc(N2CCN(C(=O)OCC)CC2)c(C#N)c1. The third-order valence-corrected chi connectivity index (χ3v) is 7.31. The number of halogens is 1. The molecule has 0 aliphatic carbocycles. The molecule has 0 saturated carbocycles. The van der Waals surface area contributed by atoms with E-state index in [0.29, 0.717) is 61.1 Å². The van der Waals surface area contributed by atoms with Crippen LogP contribution in [0.15, 0.2) is 36.4 Å². The van der Waals surface area contributed by atoms with Crippen LogP contribution in [0, 0.1) is 17.1 Å². The fourth-order valence-corrected chi connectivity index (χ4v) is 5.16. The van der Waals surface area contributed by atoms with E-state index >= 15 is 0 Å². The Morgan fingerprint density at radius 1 is 1.17 bits per heavy atom. The number of amides is 1. The van der Waals surface area contributed by atoms with Gasteiger partial charge in [-0.15, -0.1) is 0 Å². The van der Waals surface area contributed by atoms with Crippen LogP contribution < -0.4 is 13.9 Å². The number of piperazine rings is 1. The van der Waals surface area contributed by atoms with Crippen LogP contribution in [0.5, 0.6) is 5.75 Å². The average molecular weight is 503 g/mol. The van der Waals surface area contributed by atoms with Crippen LogP contribution in [0.3, 0.4) is 0 Å². The van der Waals surface area contributed by atoms with Gasteiger partial charge >= 0.3 is 6.09 Å². The van der Waals surface area contributed by atoms with Gasteiger partial charge in [-0.05, 0) is 37.6 Å². The Balaban J connectivity index is 1.86. The molecule has 1 aliphatic rings. The highest BCUT2D eigenvalue weighted by Gasteiger charge is 2.25. The molecule has 1 fully saturated rings. The van der Waals surface area contributed by atoms with Gasteiger partial charge in [0.1, 0.15) is 28.6 Å². The summed E-state index contributed by atoms with van der Waals surface area (Å²) in [5, 5.41) is 9.89. The smallest absolute Gasteiger partial charge is 0.409 e. The highest BCUT2D eigenvalue weighted by atomic mass is 32.2. The molecule has 0 spiro atoms. The summed E-state index contributed by atoms with van der Waals surface area (Å²) in [6.45, 7) is 6.45. The number of carbonyl (C=O) groups is 1. The van der Waals surface area contributed by atoms with Crippen molar-refractivity contribution in [3.05, 3.63) is 53.3 Å². The van der Waals surface area contributed by atoms with Gasteiger partial charge in [0.2, 0.25) is 0 Å². The van der Waals surface area contributed by atoms with Crippen LogP contribution in [0.25, 0.3) is 0 Å². The van der Waals surface area contributed by atoms with E-state index < -0.39 is 16.8 Å². The van der Waals surface area contributed by atoms with E-state index in [0.717, 1.165) is 12.1 Å². The summed E-state index contributed by atoms with van der Waals surface area (Å²) in [7, 11) is 0.112. The lowest BCUT2D eigenvalue weighted by atomic mass is 10.1. The first-order valence-corrected chi connectivity index (χ1v) is 12.9. The summed E-state index contributed by atoms with van der Waals surface area (Å²) < 4.78 is 38.9. The van der Waals surface area contributed by atoms with E-state index in [1.807, 2.05) is 19.1 Å². The van der Waals surface area contributed by atoms with Crippen molar-refractivity contribution in [2.45, 2.75) is 26.8 Å². The predicted molar refractivity (Wildman–Crippen MR) is 134 cm³/mol. The van der Waals surface area contributed by atoms with E-state index in [2.05, 4.69) is 11.0 Å². The molecule has 1 saturated heterocycles. The van der Waals surface area contributed by atoms with Gasteiger partial charge in [0.05, 0.1) is 37.2 Å². The van der Waals surface area contributed by atoms with E-state index in [-0.39, 0.29) is 12.6 Å². The Kier molecular flexibility index (Phi) is 9.32. The van der Waals surface area contributed by atoms with Gasteiger partial charge in [-0.25, -0.2) is 13.4 Å². The Morgan fingerprint density at radius 2 is 1.91 bits per heavy atom. The van der Waals surface area contributed by atoms with E-state index in [9.17, 15) is 18.7 Å². The van der Waals surface area contributed by atoms with Gasteiger partial charge in [0.15, 0.2) is 0 Å². The zero-order valence-corrected chi connectivity index (χ0v) is 21.1. The van der Waals surface area contributed by atoms with Crippen LogP contribution in [-0.4, -0.2) is 60.9 Å². The van der Waals surface area contributed by atoms with Crippen molar-refractivity contribution >= 4 is 28.5 Å². The number of hydrogen-bond donors (Lipinski definition) is 0. The first kappa shape index (κ1) is 26.3. The van der Waals surface area contributed by atoms with Crippen LogP contribution in [0.1, 0.15) is 31.4 Å². The van der Waals surface area contributed by atoms with Crippen LogP contribution in [0.2, 0.25) is 0 Å². The molecule has 188 valence electrons. The van der Waals surface area contributed by atoms with Crippen molar-refractivity contribution in [1.29, 1.82) is 5.26 Å². The predicted octanol–water partition coefficient (Wildman–Crippen LogP) is 4.06. The van der Waals surface area contributed by atoms with Gasteiger partial charge < -0.3 is 19.3 Å². The summed E-state index contributed by atoms with van der Waals surface area (Å²) in [5.41, 5.74) is 2.54. The second kappa shape index (κ2) is 12.4. The number of rotatable bonds is 9. The maximum atomic E-state index is 13.7. The maximum Gasteiger partial charge on any atom is 0.409 e. The summed E-state index contributed by atoms with van der Waals surface area (Å²) in [6.07, 6.45) is 0.394. The molecule has 1 atom stereocenters. The zero-order chi connectivity index (χ0) is 25.4. The highest BCUT2D eigenvalue weighted by Crippen LogP contribution is 2.30. The summed E-state index contributed by atoms with van der Waals surface area (Å²) >= 11 is 0. The molecule has 0 radical (unpaired) electrons. The number of benzene rings is 2. The fourth-order valence-electron chi connectivity index (χ4n) is 3.96. The molecule has 1 amide bonds. The van der Waals surface area contributed by atoms with Crippen molar-refractivity contribution in [3.63, 3.8) is 0 Å². The average Bonchev–Trinajstić information content (AvgIpc) is 2.87. The lowest BCUT2D eigenvalue weighted by molar-refractivity contribution is 0.105. The van der Waals surface area contributed by atoms with Crippen LogP contribution in [-0.2, 0) is 22.3 Å². The lowest BCUT2D eigenvalue weighted by Gasteiger charge is -2.36. The molecule has 2 aromatic rings. The Bertz CT molecular complexity index is 1100. The normalized spacial score (nSPS) is 14.3. The molecule has 35 heavy (non-hydrogen) atoms. The van der Waals surface area contributed by atoms with Gasteiger partial charge in [0, 0.05) is 43.6 Å². The minimum atomic E-state index is -1.36. The monoisotopic (exact) mass is 502 g/mol. The van der Waals surface area contributed by atoms with E-state index in [1.165, 1.54) is 19.2 Å². The first-order valence-electron chi connectivity index (χ1n) is 11.6. The quantitative estimate of drug-likeness (QED) is 0.514. The van der Waals surface area contributed by atoms with Crippen molar-refractivity contribution in [2.75, 3.05) is 54.9 Å². The van der Waals surface area contributed by atoms with Gasteiger partial charge in [-0.1, -0.05) is 13.0 Å². The molecule has 3 rings (SSSR count). The Morgan fingerprint density at radius 3 is 2.54 bits per heavy atom. The van der Waals surface area contributed by atoms with Crippen molar-refractivity contribution in [1.82, 2.24) is 4.90 Å². The molecule has 10 heteroatoms. The topological polar surface area (TPSA) is 86.1 Å². The zero-order valence-electron chi connectivity index (χ0n) is 20.3. The lowest BCUT2D eigenvalue weighted by Crippen LogP contribution is -2.49. The summed E-state index contributed by atoms with van der Waals surface area (Å²) in [6, 6.07) is 12.0. The second-order valence-electron chi connectivity index (χ2n) is 8.00. The highest BCUT2D eigenvalue weighted by molar-refractivity contribution is 7.86. The minimum Gasteiger partial charge on any atom is -0.496 e. The molecule has 1 aliphatic heterocycles. The molecule has 1 heterocycles. The molecule has 2 aromatic carbocycles. The number of ether oxygens (including phenoxy) is 2. The van der Waals surface area contributed by atoms with Crippen molar-refractivity contribution in [3.8, 4) is 11.8 Å². The van der Waals surface area contributed by atoms with Crippen molar-refractivity contribution < 1.29 is 22.9 Å². The third kappa shape index (κ3) is 6.42. The third-order valence-electron chi connectivity index (χ3n) is 5.72. The number of nitrogens with zero attached hydrogens (tertiary/aromatic N) is 4. The largest absolute Gasteiger partial charge is 0.496 e. The van der Waals surface area contributed by atoms with E-state index in [4.69, 9.17) is 9.47 Å². The summed E-state index contributed by atoms with van der Waals surface area (Å²) in [4.78, 5) is 15.7. The Labute approximate surface area is 208 Å². The maximum absolute atomic E-state index is 13.7. The molecular weight excluding hydrogens is 471 g/mol. The molecule has 8 nitrogen and oxygen atoms in total. The first-order chi connectivity index (χ1) is 16.9. The van der Waals surface area contributed by atoms with Gasteiger partial charge in [-0.2, -0.15) is 5.26 Å². The van der Waals surface area contributed by atoms with Crippen molar-refractivity contribution in [2.24, 2.45) is 0 Å². The number of carbonyl (C=O) groups excluding carboxylic acids is 1. The van der Waals surface area contributed by atoms with Crippen LogP contribution >= 0.6 is 0 Å².